The Morgan fingerprint density at radius 3 is 1.88 bits per heavy atom. The van der Waals surface area contributed by atoms with Crippen LogP contribution >= 0.6 is 11.6 Å². The van der Waals surface area contributed by atoms with Crippen molar-refractivity contribution in [3.63, 3.8) is 0 Å². The molecule has 4 aliphatic rings. The van der Waals surface area contributed by atoms with Crippen LogP contribution in [0.3, 0.4) is 0 Å². The Labute approximate surface area is 263 Å². The zero-order chi connectivity index (χ0) is 27.9. The van der Waals surface area contributed by atoms with E-state index in [1.807, 2.05) is 72.8 Å². The van der Waals surface area contributed by atoms with E-state index in [2.05, 4.69) is 21.4 Å². The minimum atomic E-state index is -0.416. The van der Waals surface area contributed by atoms with E-state index in [1.54, 1.807) is 6.08 Å². The van der Waals surface area contributed by atoms with Gasteiger partial charge in [0.05, 0.1) is 11.6 Å². The number of allylic oxidation sites excluding steroid dienone is 1. The van der Waals surface area contributed by atoms with Crippen molar-refractivity contribution in [3.05, 3.63) is 117 Å². The number of aliphatic imine (C=N–C) groups is 4. The van der Waals surface area contributed by atoms with E-state index in [0.29, 0.717) is 57.1 Å². The topological polar surface area (TPSA) is 122 Å². The number of fused-ring (bicyclic) bond motifs is 18. The Balaban J connectivity index is 0.00000278. The maximum atomic E-state index is 12.6. The van der Waals surface area contributed by atoms with Gasteiger partial charge in [-0.15, -0.1) is 6.08 Å². The second-order valence-electron chi connectivity index (χ2n) is 10.0. The zero-order valence-electron chi connectivity index (χ0n) is 22.0. The van der Waals surface area contributed by atoms with Crippen molar-refractivity contribution in [1.82, 2.24) is 9.97 Å². The summed E-state index contributed by atoms with van der Waals surface area (Å²) in [5.74, 6) is 3.51. The van der Waals surface area contributed by atoms with Gasteiger partial charge >= 0.3 is 0 Å². The van der Waals surface area contributed by atoms with Crippen molar-refractivity contribution in [2.24, 2.45) is 25.0 Å². The largest absolute Gasteiger partial charge is 0.338 e. The van der Waals surface area contributed by atoms with E-state index in [1.165, 1.54) is 0 Å². The van der Waals surface area contributed by atoms with E-state index in [9.17, 15) is 4.79 Å². The van der Waals surface area contributed by atoms with E-state index in [0.717, 1.165) is 33.0 Å². The number of anilines is 1. The minimum Gasteiger partial charge on any atom is -0.338 e. The zero-order valence-corrected chi connectivity index (χ0v) is 24.3. The number of rotatable bonds is 0. The van der Waals surface area contributed by atoms with Crippen LogP contribution in [-0.2, 0) is 26.5 Å². The summed E-state index contributed by atoms with van der Waals surface area (Å²) in [6, 6.07) is 23.6. The fourth-order valence-electron chi connectivity index (χ4n) is 5.68. The molecule has 3 N–H and O–H groups in total. The number of hydrogen-bond donors (Lipinski definition) is 3. The van der Waals surface area contributed by atoms with Gasteiger partial charge in [0.15, 0.2) is 17.5 Å². The molecule has 0 radical (unpaired) electrons. The van der Waals surface area contributed by atoms with E-state index >= 15 is 0 Å². The molecule has 0 atom stereocenters. The summed E-state index contributed by atoms with van der Waals surface area (Å²) < 4.78 is 0. The van der Waals surface area contributed by atoms with Crippen molar-refractivity contribution in [2.45, 2.75) is 0 Å². The smallest absolute Gasteiger partial charge is 0.164 e. The van der Waals surface area contributed by atoms with Crippen molar-refractivity contribution >= 4 is 80.1 Å². The molecular weight excluding hydrogens is 596 g/mol. The molecule has 1 aliphatic carbocycles. The van der Waals surface area contributed by atoms with Crippen molar-refractivity contribution in [2.75, 3.05) is 5.32 Å². The van der Waals surface area contributed by atoms with Crippen LogP contribution in [-0.4, -0.2) is 39.1 Å². The molecule has 0 unspecified atom stereocenters. The number of halogens is 1. The first-order chi connectivity index (χ1) is 20.6. The molecule has 43 heavy (non-hydrogen) atoms. The first-order valence-corrected chi connectivity index (χ1v) is 13.6. The molecule has 9 rings (SSSR count). The van der Waals surface area contributed by atoms with E-state index < -0.39 is 5.78 Å². The normalized spacial score (nSPS) is 15.7. The number of carbonyl (C=O) groups excluding carboxylic acids is 1. The molecule has 9 nitrogen and oxygen atoms in total. The Bertz CT molecular complexity index is 2370. The molecule has 11 heteroatoms. The second kappa shape index (κ2) is 9.54. The SMILES string of the molecule is O=C1[C-]=Cc2c3[nH]c(c2=C1Cl)=NC1=NC(=Nc2[nH]c(c4ccccc24)N=C2N=C(N3)c3ccccc32)c2ccccc21.[Ti]. The molecule has 0 spiro atoms. The number of hydrogen-bond acceptors (Lipinski definition) is 7. The fourth-order valence-corrected chi connectivity index (χ4v) is 5.92. The number of benzene rings is 3. The fraction of sp³-hybridized carbons (Fsp3) is 0. The van der Waals surface area contributed by atoms with Crippen LogP contribution in [0.5, 0.6) is 0 Å². The number of H-pyrrole nitrogens is 2. The number of Topliss-reactive ketones (excluding diaryl/α,β-unsaturated/α-hetero) is 1. The third-order valence-electron chi connectivity index (χ3n) is 7.62. The van der Waals surface area contributed by atoms with Gasteiger partial charge in [0, 0.05) is 54.7 Å². The molecule has 202 valence electrons. The Morgan fingerprint density at radius 2 is 1.21 bits per heavy atom. The van der Waals surface area contributed by atoms with Gasteiger partial charge in [0.1, 0.15) is 23.0 Å². The van der Waals surface area contributed by atoms with Crippen LogP contribution in [0, 0.1) is 6.08 Å². The number of nitrogens with zero attached hydrogens (tertiary/aromatic N) is 5. The molecule has 5 aromatic rings. The maximum absolute atomic E-state index is 12.6. The van der Waals surface area contributed by atoms with E-state index in [-0.39, 0.29) is 26.8 Å². The summed E-state index contributed by atoms with van der Waals surface area (Å²) in [5, 5.41) is 5.74. The Hall–Kier alpha value is -4.96. The predicted octanol–water partition coefficient (Wildman–Crippen LogP) is 4.66. The third-order valence-corrected chi connectivity index (χ3v) is 7.98. The number of nitrogens with one attached hydrogen (secondary N) is 3. The quantitative estimate of drug-likeness (QED) is 0.174. The van der Waals surface area contributed by atoms with Gasteiger partial charge in [0.2, 0.25) is 0 Å². The summed E-state index contributed by atoms with van der Waals surface area (Å²) in [5.41, 5.74) is 4.44. The molecule has 8 bridgehead atoms. The summed E-state index contributed by atoms with van der Waals surface area (Å²) in [7, 11) is 0. The summed E-state index contributed by atoms with van der Waals surface area (Å²) in [6.07, 6.45) is 4.32. The maximum Gasteiger partial charge on any atom is 0.164 e. The Morgan fingerprint density at radius 1 is 0.651 bits per heavy atom. The molecule has 5 heterocycles. The van der Waals surface area contributed by atoms with Gasteiger partial charge < -0.3 is 20.1 Å². The van der Waals surface area contributed by atoms with Gasteiger partial charge in [-0.2, -0.15) is 17.7 Å². The molecule has 3 aliphatic heterocycles. The number of aromatic nitrogens is 2. The molecule has 0 amide bonds. The summed E-state index contributed by atoms with van der Waals surface area (Å²) in [4.78, 5) is 43.9. The van der Waals surface area contributed by atoms with Crippen LogP contribution in [0.2, 0.25) is 0 Å². The molecule has 2 aromatic heterocycles. The van der Waals surface area contributed by atoms with E-state index in [4.69, 9.17) is 36.6 Å². The first-order valence-electron chi connectivity index (χ1n) is 13.2. The standard InChI is InChI=1S/C32H16ClN8O.Ti/c33-24-22(42)14-13-21-23(24)32-40-30-20-12-6-5-11-19(20)28(38-30)36-26-16-8-2-1-7-15(16)25(34-26)35-27-17-9-3-4-10-18(17)29(37-27)39-31(21)41-32;/h1-13,34H,(H,35,37,39)(H,36,38,40,41);/q-1;. The van der Waals surface area contributed by atoms with Crippen LogP contribution in [0.15, 0.2) is 97.8 Å². The number of aromatic amines is 2. The van der Waals surface area contributed by atoms with Gasteiger partial charge in [-0.25, -0.2) is 25.0 Å². The van der Waals surface area contributed by atoms with Crippen LogP contribution in [0.4, 0.5) is 17.5 Å². The minimum absolute atomic E-state index is 0. The Kier molecular flexibility index (Phi) is 5.71. The molecule has 0 saturated heterocycles. The van der Waals surface area contributed by atoms with Crippen molar-refractivity contribution in [1.29, 1.82) is 0 Å². The molecule has 3 aromatic carbocycles. The monoisotopic (exact) mass is 611 g/mol. The van der Waals surface area contributed by atoms with Crippen molar-refractivity contribution in [3.8, 4) is 0 Å². The number of carbonyl (C=O) groups is 1. The molecule has 0 saturated carbocycles. The van der Waals surface area contributed by atoms with Gasteiger partial charge in [-0.3, -0.25) is 0 Å². The average Bonchev–Trinajstić information content (AvgIpc) is 3.74. The van der Waals surface area contributed by atoms with Crippen LogP contribution < -0.4 is 16.0 Å². The predicted molar refractivity (Wildman–Crippen MR) is 164 cm³/mol. The van der Waals surface area contributed by atoms with Crippen molar-refractivity contribution < 1.29 is 26.5 Å². The molecular formula is C32H16ClN8OTi-. The number of amidine groups is 4. The average molecular weight is 612 g/mol. The second-order valence-corrected chi connectivity index (χ2v) is 10.4. The van der Waals surface area contributed by atoms with Crippen LogP contribution in [0.25, 0.3) is 21.9 Å². The van der Waals surface area contributed by atoms with Gasteiger partial charge in [-0.05, 0) is 5.03 Å². The first kappa shape index (κ1) is 25.7. The number of ketones is 1. The van der Waals surface area contributed by atoms with Gasteiger partial charge in [-0.1, -0.05) is 83.6 Å². The summed E-state index contributed by atoms with van der Waals surface area (Å²) >= 11 is 6.57. The molecule has 0 fully saturated rings. The van der Waals surface area contributed by atoms with Crippen LogP contribution in [0.1, 0.15) is 27.8 Å². The third kappa shape index (κ3) is 3.83. The summed E-state index contributed by atoms with van der Waals surface area (Å²) in [6.45, 7) is 0. The van der Waals surface area contributed by atoms with Gasteiger partial charge in [0.25, 0.3) is 0 Å².